The summed E-state index contributed by atoms with van der Waals surface area (Å²) in [4.78, 5) is 23.2. The molecule has 0 bridgehead atoms. The van der Waals surface area contributed by atoms with Gasteiger partial charge in [0.2, 0.25) is 0 Å². The lowest BCUT2D eigenvalue weighted by Crippen LogP contribution is -2.30. The summed E-state index contributed by atoms with van der Waals surface area (Å²) in [5.41, 5.74) is 0. The molecule has 1 aliphatic heterocycles. The van der Waals surface area contributed by atoms with E-state index in [0.29, 0.717) is 19.6 Å². The maximum Gasteiger partial charge on any atom is 0.317 e. The van der Waals surface area contributed by atoms with Gasteiger partial charge in [-0.05, 0) is 0 Å². The third-order valence-electron chi connectivity index (χ3n) is 1.76. The predicted molar refractivity (Wildman–Crippen MR) is 41.6 cm³/mol. The van der Waals surface area contributed by atoms with Gasteiger partial charge in [-0.3, -0.25) is 4.79 Å². The van der Waals surface area contributed by atoms with Crippen LogP contribution in [-0.2, 0) is 9.53 Å². The number of esters is 1. The van der Waals surface area contributed by atoms with Crippen molar-refractivity contribution in [3.05, 3.63) is 0 Å². The third kappa shape index (κ3) is 2.11. The topological polar surface area (TPSA) is 58.6 Å². The number of nitrogens with one attached hydrogen (secondary N) is 1. The SMILES string of the molecule is COC(=O)CCN1CCNC1=O. The van der Waals surface area contributed by atoms with Gasteiger partial charge in [-0.15, -0.1) is 0 Å². The summed E-state index contributed by atoms with van der Waals surface area (Å²) < 4.78 is 4.45. The molecule has 0 spiro atoms. The molecule has 0 radical (unpaired) electrons. The minimum atomic E-state index is -0.283. The summed E-state index contributed by atoms with van der Waals surface area (Å²) in [5, 5.41) is 2.65. The average Bonchev–Trinajstić information content (AvgIpc) is 2.47. The summed E-state index contributed by atoms with van der Waals surface area (Å²) >= 11 is 0. The lowest BCUT2D eigenvalue weighted by atomic mass is 10.4. The Labute approximate surface area is 70.7 Å². The maximum absolute atomic E-state index is 10.9. The van der Waals surface area contributed by atoms with Crippen molar-refractivity contribution in [1.29, 1.82) is 0 Å². The fourth-order valence-electron chi connectivity index (χ4n) is 1.05. The molecule has 0 unspecified atom stereocenters. The fourth-order valence-corrected chi connectivity index (χ4v) is 1.05. The van der Waals surface area contributed by atoms with Gasteiger partial charge >= 0.3 is 12.0 Å². The Morgan fingerprint density at radius 3 is 3.00 bits per heavy atom. The van der Waals surface area contributed by atoms with Gasteiger partial charge in [-0.1, -0.05) is 0 Å². The van der Waals surface area contributed by atoms with Crippen LogP contribution in [0, 0.1) is 0 Å². The van der Waals surface area contributed by atoms with E-state index in [1.165, 1.54) is 7.11 Å². The van der Waals surface area contributed by atoms with E-state index in [4.69, 9.17) is 0 Å². The van der Waals surface area contributed by atoms with Gasteiger partial charge in [0.25, 0.3) is 0 Å². The van der Waals surface area contributed by atoms with E-state index in [-0.39, 0.29) is 18.4 Å². The molecule has 1 aliphatic rings. The van der Waals surface area contributed by atoms with Crippen LogP contribution < -0.4 is 5.32 Å². The molecule has 0 aliphatic carbocycles. The van der Waals surface area contributed by atoms with Crippen LogP contribution in [0.1, 0.15) is 6.42 Å². The molecule has 1 rings (SSSR count). The Balaban J connectivity index is 2.22. The summed E-state index contributed by atoms with van der Waals surface area (Å²) in [7, 11) is 1.34. The van der Waals surface area contributed by atoms with Crippen molar-refractivity contribution < 1.29 is 14.3 Å². The highest BCUT2D eigenvalue weighted by Gasteiger charge is 2.19. The average molecular weight is 172 g/mol. The summed E-state index contributed by atoms with van der Waals surface area (Å²) in [6, 6.07) is -0.0982. The van der Waals surface area contributed by atoms with Crippen LogP contribution in [-0.4, -0.2) is 43.6 Å². The molecule has 5 heteroatoms. The van der Waals surface area contributed by atoms with E-state index in [1.54, 1.807) is 4.90 Å². The standard InChI is InChI=1S/C7H12N2O3/c1-12-6(10)2-4-9-5-3-8-7(9)11/h2-5H2,1H3,(H,8,11). The zero-order chi connectivity index (χ0) is 8.97. The van der Waals surface area contributed by atoms with E-state index in [2.05, 4.69) is 10.1 Å². The summed E-state index contributed by atoms with van der Waals surface area (Å²) in [6.07, 6.45) is 0.268. The first kappa shape index (κ1) is 8.83. The van der Waals surface area contributed by atoms with Crippen LogP contribution in [0.25, 0.3) is 0 Å². The second-order valence-electron chi connectivity index (χ2n) is 2.55. The number of ether oxygens (including phenoxy) is 1. The van der Waals surface area contributed by atoms with Crippen molar-refractivity contribution in [3.63, 3.8) is 0 Å². The molecule has 0 saturated carbocycles. The molecule has 2 amide bonds. The lowest BCUT2D eigenvalue weighted by molar-refractivity contribution is -0.140. The van der Waals surface area contributed by atoms with Gasteiger partial charge in [0.05, 0.1) is 13.5 Å². The van der Waals surface area contributed by atoms with Gasteiger partial charge in [-0.2, -0.15) is 0 Å². The zero-order valence-electron chi connectivity index (χ0n) is 7.00. The highest BCUT2D eigenvalue weighted by atomic mass is 16.5. The zero-order valence-corrected chi connectivity index (χ0v) is 7.00. The molecule has 0 aromatic rings. The minimum absolute atomic E-state index is 0.0982. The van der Waals surface area contributed by atoms with E-state index >= 15 is 0 Å². The number of methoxy groups -OCH3 is 1. The number of hydrogen-bond acceptors (Lipinski definition) is 3. The summed E-state index contributed by atoms with van der Waals surface area (Å²) in [5.74, 6) is -0.283. The van der Waals surface area contributed by atoms with Gasteiger partial charge in [0.1, 0.15) is 0 Å². The van der Waals surface area contributed by atoms with Crippen LogP contribution in [0.3, 0.4) is 0 Å². The molecule has 0 aromatic carbocycles. The number of carbonyl (C=O) groups excluding carboxylic acids is 2. The number of urea groups is 1. The minimum Gasteiger partial charge on any atom is -0.469 e. The monoisotopic (exact) mass is 172 g/mol. The van der Waals surface area contributed by atoms with Gasteiger partial charge in [0, 0.05) is 19.6 Å². The number of amides is 2. The predicted octanol–water partition coefficient (Wildman–Crippen LogP) is -0.425. The Morgan fingerprint density at radius 1 is 1.75 bits per heavy atom. The first-order chi connectivity index (χ1) is 5.74. The highest BCUT2D eigenvalue weighted by molar-refractivity contribution is 5.77. The molecule has 1 heterocycles. The van der Waals surface area contributed by atoms with E-state index < -0.39 is 0 Å². The first-order valence-electron chi connectivity index (χ1n) is 3.83. The van der Waals surface area contributed by atoms with Crippen LogP contribution in [0.4, 0.5) is 4.79 Å². The molecule has 0 atom stereocenters. The molecule has 68 valence electrons. The van der Waals surface area contributed by atoms with Crippen molar-refractivity contribution in [2.24, 2.45) is 0 Å². The van der Waals surface area contributed by atoms with Gasteiger partial charge in [0.15, 0.2) is 0 Å². The van der Waals surface area contributed by atoms with Crippen LogP contribution in [0.15, 0.2) is 0 Å². The summed E-state index contributed by atoms with van der Waals surface area (Å²) in [6.45, 7) is 1.79. The first-order valence-corrected chi connectivity index (χ1v) is 3.83. The van der Waals surface area contributed by atoms with Crippen LogP contribution in [0.2, 0.25) is 0 Å². The Bertz CT molecular complexity index is 193. The Hall–Kier alpha value is -1.26. The quantitative estimate of drug-likeness (QED) is 0.588. The van der Waals surface area contributed by atoms with Crippen molar-refractivity contribution >= 4 is 12.0 Å². The van der Waals surface area contributed by atoms with E-state index in [1.807, 2.05) is 0 Å². The number of hydrogen-bond donors (Lipinski definition) is 1. The third-order valence-corrected chi connectivity index (χ3v) is 1.76. The number of nitrogens with zero attached hydrogens (tertiary/aromatic N) is 1. The molecule has 5 nitrogen and oxygen atoms in total. The van der Waals surface area contributed by atoms with Crippen LogP contribution >= 0.6 is 0 Å². The molecular formula is C7H12N2O3. The Morgan fingerprint density at radius 2 is 2.50 bits per heavy atom. The van der Waals surface area contributed by atoms with Crippen molar-refractivity contribution in [1.82, 2.24) is 10.2 Å². The fraction of sp³-hybridized carbons (Fsp3) is 0.714. The van der Waals surface area contributed by atoms with Gasteiger partial charge in [-0.25, -0.2) is 4.79 Å². The largest absolute Gasteiger partial charge is 0.469 e. The van der Waals surface area contributed by atoms with Crippen LogP contribution in [0.5, 0.6) is 0 Å². The smallest absolute Gasteiger partial charge is 0.317 e. The number of rotatable bonds is 3. The molecule has 12 heavy (non-hydrogen) atoms. The Kier molecular flexibility index (Phi) is 2.90. The number of carbonyl (C=O) groups is 2. The van der Waals surface area contributed by atoms with E-state index in [0.717, 1.165) is 0 Å². The van der Waals surface area contributed by atoms with Gasteiger partial charge < -0.3 is 15.0 Å². The second-order valence-corrected chi connectivity index (χ2v) is 2.55. The maximum atomic E-state index is 10.9. The molecule has 1 N–H and O–H groups in total. The molecule has 0 aromatic heterocycles. The second kappa shape index (κ2) is 3.94. The molecule has 1 fully saturated rings. The molecular weight excluding hydrogens is 160 g/mol. The van der Waals surface area contributed by atoms with Crippen molar-refractivity contribution in [2.45, 2.75) is 6.42 Å². The van der Waals surface area contributed by atoms with Crippen molar-refractivity contribution in [2.75, 3.05) is 26.7 Å². The molecule has 1 saturated heterocycles. The lowest BCUT2D eigenvalue weighted by Gasteiger charge is -2.12. The van der Waals surface area contributed by atoms with E-state index in [9.17, 15) is 9.59 Å². The normalized spacial score (nSPS) is 16.1. The van der Waals surface area contributed by atoms with Crippen molar-refractivity contribution in [3.8, 4) is 0 Å². The highest BCUT2D eigenvalue weighted by Crippen LogP contribution is 1.98.